The Morgan fingerprint density at radius 3 is 2.48 bits per heavy atom. The van der Waals surface area contributed by atoms with Gasteiger partial charge < -0.3 is 19.1 Å². The number of ether oxygens (including phenoxy) is 3. The third-order valence-corrected chi connectivity index (χ3v) is 6.23. The van der Waals surface area contributed by atoms with E-state index in [9.17, 15) is 9.18 Å². The molecule has 2 amide bonds. The second-order valence-electron chi connectivity index (χ2n) is 8.12. The van der Waals surface area contributed by atoms with Crippen LogP contribution in [0.4, 0.5) is 14.9 Å². The Kier molecular flexibility index (Phi) is 6.43. The number of hydrogen-bond acceptors (Lipinski definition) is 4. The number of benzene rings is 2. The average Bonchev–Trinajstić information content (AvgIpc) is 2.76. The van der Waals surface area contributed by atoms with E-state index in [0.717, 1.165) is 36.3 Å². The van der Waals surface area contributed by atoms with Crippen LogP contribution >= 0.6 is 0 Å². The zero-order valence-electron chi connectivity index (χ0n) is 18.1. The van der Waals surface area contributed by atoms with Gasteiger partial charge in [0.25, 0.3) is 0 Å². The van der Waals surface area contributed by atoms with Crippen LogP contribution in [0.2, 0.25) is 0 Å². The highest BCUT2D eigenvalue weighted by Crippen LogP contribution is 2.37. The summed E-state index contributed by atoms with van der Waals surface area (Å²) in [5.74, 6) is 0.115. The van der Waals surface area contributed by atoms with Gasteiger partial charge in [-0.3, -0.25) is 4.90 Å². The molecular formula is C24H29FN2O4. The van der Waals surface area contributed by atoms with Gasteiger partial charge in [-0.05, 0) is 41.8 Å². The predicted molar refractivity (Wildman–Crippen MR) is 116 cm³/mol. The van der Waals surface area contributed by atoms with Crippen LogP contribution in [-0.2, 0) is 21.7 Å². The molecule has 4 rings (SSSR count). The number of urea groups is 1. The molecule has 0 atom stereocenters. The molecule has 2 saturated heterocycles. The summed E-state index contributed by atoms with van der Waals surface area (Å²) in [6.07, 6.45) is 2.42. The smallest absolute Gasteiger partial charge is 0.324 e. The number of amides is 2. The van der Waals surface area contributed by atoms with Gasteiger partial charge >= 0.3 is 6.03 Å². The van der Waals surface area contributed by atoms with Crippen molar-refractivity contribution in [2.24, 2.45) is 0 Å². The first-order valence-electron chi connectivity index (χ1n) is 10.7. The number of hydrogen-bond donors (Lipinski definition) is 0. The van der Waals surface area contributed by atoms with E-state index in [2.05, 4.69) is 0 Å². The van der Waals surface area contributed by atoms with Gasteiger partial charge in [0.2, 0.25) is 0 Å². The predicted octanol–water partition coefficient (Wildman–Crippen LogP) is 4.32. The minimum Gasteiger partial charge on any atom is -0.489 e. The van der Waals surface area contributed by atoms with Gasteiger partial charge in [-0.1, -0.05) is 12.1 Å². The number of halogens is 1. The monoisotopic (exact) mass is 428 g/mol. The topological polar surface area (TPSA) is 51.2 Å². The van der Waals surface area contributed by atoms with Crippen molar-refractivity contribution in [2.75, 3.05) is 45.4 Å². The molecule has 7 heteroatoms. The average molecular weight is 429 g/mol. The van der Waals surface area contributed by atoms with Gasteiger partial charge in [0.15, 0.2) is 0 Å². The molecule has 2 aromatic rings. The number of carbonyl (C=O) groups excluding carboxylic acids is 1. The molecule has 2 heterocycles. The van der Waals surface area contributed by atoms with Gasteiger partial charge in [-0.15, -0.1) is 0 Å². The second kappa shape index (κ2) is 9.24. The standard InChI is InChI=1S/C24H29FN2O4/c1-26(23(28)27-10-3-11-27)21-6-4-18(5-7-21)17-31-22-15-19(14-20(25)16-22)24(29-2)8-12-30-13-9-24/h4-7,14-16H,3,8-13,17H2,1-2H3. The molecule has 31 heavy (non-hydrogen) atoms. The second-order valence-corrected chi connectivity index (χ2v) is 8.12. The van der Waals surface area contributed by atoms with Gasteiger partial charge in [-0.2, -0.15) is 0 Å². The first-order valence-corrected chi connectivity index (χ1v) is 10.7. The summed E-state index contributed by atoms with van der Waals surface area (Å²) < 4.78 is 31.4. The SMILES string of the molecule is COC1(c2cc(F)cc(OCc3ccc(N(C)C(=O)N4CCC4)cc3)c2)CCOCC1. The first-order chi connectivity index (χ1) is 15.0. The molecule has 0 aliphatic carbocycles. The van der Waals surface area contributed by atoms with Gasteiger partial charge in [0.1, 0.15) is 18.2 Å². The summed E-state index contributed by atoms with van der Waals surface area (Å²) in [5, 5.41) is 0. The number of carbonyl (C=O) groups is 1. The Bertz CT molecular complexity index is 908. The molecule has 0 bridgehead atoms. The fraction of sp³-hybridized carbons (Fsp3) is 0.458. The number of nitrogens with zero attached hydrogens (tertiary/aromatic N) is 2. The highest BCUT2D eigenvalue weighted by Gasteiger charge is 2.35. The van der Waals surface area contributed by atoms with E-state index in [1.54, 1.807) is 19.1 Å². The number of methoxy groups -OCH3 is 1. The Balaban J connectivity index is 1.42. The molecule has 0 radical (unpaired) electrons. The Labute approximate surface area is 182 Å². The van der Waals surface area contributed by atoms with Crippen LogP contribution in [0.15, 0.2) is 42.5 Å². The molecule has 0 spiro atoms. The Hall–Kier alpha value is -2.64. The Morgan fingerprint density at radius 2 is 1.87 bits per heavy atom. The molecule has 0 unspecified atom stereocenters. The lowest BCUT2D eigenvalue weighted by Gasteiger charge is -2.36. The number of anilines is 1. The summed E-state index contributed by atoms with van der Waals surface area (Å²) in [7, 11) is 3.43. The summed E-state index contributed by atoms with van der Waals surface area (Å²) >= 11 is 0. The van der Waals surface area contributed by atoms with E-state index < -0.39 is 5.60 Å². The molecule has 0 N–H and O–H groups in total. The maximum Gasteiger partial charge on any atom is 0.324 e. The molecule has 2 aliphatic rings. The fourth-order valence-corrected chi connectivity index (χ4v) is 4.03. The van der Waals surface area contributed by atoms with E-state index in [4.69, 9.17) is 14.2 Å². The number of rotatable bonds is 6. The lowest BCUT2D eigenvalue weighted by molar-refractivity contribution is -0.0950. The zero-order valence-corrected chi connectivity index (χ0v) is 18.1. The molecule has 0 aromatic heterocycles. The highest BCUT2D eigenvalue weighted by atomic mass is 19.1. The lowest BCUT2D eigenvalue weighted by Crippen LogP contribution is -2.48. The fourth-order valence-electron chi connectivity index (χ4n) is 4.03. The van der Waals surface area contributed by atoms with Crippen molar-refractivity contribution in [3.63, 3.8) is 0 Å². The quantitative estimate of drug-likeness (QED) is 0.688. The summed E-state index contributed by atoms with van der Waals surface area (Å²) in [6.45, 7) is 3.11. The third-order valence-electron chi connectivity index (χ3n) is 6.23. The van der Waals surface area contributed by atoms with Crippen LogP contribution in [0.25, 0.3) is 0 Å². The van der Waals surface area contributed by atoms with Crippen LogP contribution in [0, 0.1) is 5.82 Å². The Morgan fingerprint density at radius 1 is 1.16 bits per heavy atom. The van der Waals surface area contributed by atoms with Gasteiger partial charge in [-0.25, -0.2) is 9.18 Å². The van der Waals surface area contributed by atoms with Crippen molar-refractivity contribution in [2.45, 2.75) is 31.5 Å². The van der Waals surface area contributed by atoms with Crippen molar-refractivity contribution >= 4 is 11.7 Å². The van der Waals surface area contributed by atoms with Crippen LogP contribution < -0.4 is 9.64 Å². The summed E-state index contributed by atoms with van der Waals surface area (Å²) in [4.78, 5) is 15.8. The van der Waals surface area contributed by atoms with E-state index >= 15 is 0 Å². The van der Waals surface area contributed by atoms with Crippen molar-refractivity contribution in [1.29, 1.82) is 0 Å². The largest absolute Gasteiger partial charge is 0.489 e. The van der Waals surface area contributed by atoms with E-state index in [-0.39, 0.29) is 11.8 Å². The van der Waals surface area contributed by atoms with Crippen LogP contribution in [0.3, 0.4) is 0 Å². The first kappa shape index (κ1) is 21.6. The van der Waals surface area contributed by atoms with Crippen molar-refractivity contribution < 1.29 is 23.4 Å². The molecule has 6 nitrogen and oxygen atoms in total. The van der Waals surface area contributed by atoms with Crippen LogP contribution in [0.1, 0.15) is 30.4 Å². The van der Waals surface area contributed by atoms with E-state index in [0.29, 0.717) is 38.4 Å². The molecular weight excluding hydrogens is 399 g/mol. The minimum absolute atomic E-state index is 0.0164. The molecule has 0 saturated carbocycles. The zero-order chi connectivity index (χ0) is 21.8. The van der Waals surface area contributed by atoms with Crippen molar-refractivity contribution in [1.82, 2.24) is 4.90 Å². The maximum atomic E-state index is 14.3. The van der Waals surface area contributed by atoms with Crippen molar-refractivity contribution in [3.8, 4) is 5.75 Å². The van der Waals surface area contributed by atoms with Crippen LogP contribution in [-0.4, -0.2) is 51.4 Å². The maximum absolute atomic E-state index is 14.3. The highest BCUT2D eigenvalue weighted by molar-refractivity contribution is 5.91. The molecule has 2 aromatic carbocycles. The minimum atomic E-state index is -0.548. The molecule has 2 aliphatic heterocycles. The molecule has 2 fully saturated rings. The lowest BCUT2D eigenvalue weighted by atomic mass is 9.86. The summed E-state index contributed by atoms with van der Waals surface area (Å²) in [6, 6.07) is 12.4. The number of likely N-dealkylation sites (tertiary alicyclic amines) is 1. The van der Waals surface area contributed by atoms with Gasteiger partial charge in [0.05, 0.1) is 5.60 Å². The van der Waals surface area contributed by atoms with Gasteiger partial charge in [0, 0.05) is 65.1 Å². The molecule has 166 valence electrons. The third kappa shape index (κ3) is 4.67. The van der Waals surface area contributed by atoms with Crippen LogP contribution in [0.5, 0.6) is 5.75 Å². The summed E-state index contributed by atoms with van der Waals surface area (Å²) in [5.41, 5.74) is 1.99. The normalized spacial score (nSPS) is 17.7. The van der Waals surface area contributed by atoms with E-state index in [1.807, 2.05) is 35.2 Å². The van der Waals surface area contributed by atoms with E-state index in [1.165, 1.54) is 12.1 Å². The van der Waals surface area contributed by atoms with Crippen molar-refractivity contribution in [3.05, 3.63) is 59.4 Å².